The van der Waals surface area contributed by atoms with Crippen LogP contribution in [0.4, 0.5) is 4.39 Å². The minimum Gasteiger partial charge on any atom is -0.459 e. The number of rotatable bonds is 4. The molecule has 2 aliphatic rings. The first-order valence-corrected chi connectivity index (χ1v) is 10.4. The molecule has 0 radical (unpaired) electrons. The van der Waals surface area contributed by atoms with Crippen LogP contribution >= 0.6 is 11.6 Å². The van der Waals surface area contributed by atoms with Crippen molar-refractivity contribution in [3.05, 3.63) is 59.6 Å². The molecule has 31 heavy (non-hydrogen) atoms. The minimum atomic E-state index is -1.93. The zero-order chi connectivity index (χ0) is 21.8. The first-order chi connectivity index (χ1) is 14.8. The van der Waals surface area contributed by atoms with Crippen LogP contribution in [0.25, 0.3) is 11.0 Å². The van der Waals surface area contributed by atoms with Crippen molar-refractivity contribution in [1.82, 2.24) is 14.5 Å². The molecule has 3 heterocycles. The molecule has 0 bridgehead atoms. The summed E-state index contributed by atoms with van der Waals surface area (Å²) in [5, 5.41) is 0.997. The molecule has 162 valence electrons. The molecule has 0 amide bonds. The van der Waals surface area contributed by atoms with Gasteiger partial charge < -0.3 is 18.8 Å². The molecule has 2 aromatic heterocycles. The van der Waals surface area contributed by atoms with Crippen LogP contribution in [0.15, 0.2) is 48.9 Å². The zero-order valence-electron chi connectivity index (χ0n) is 17.0. The lowest BCUT2D eigenvalue weighted by Gasteiger charge is -2.28. The van der Waals surface area contributed by atoms with Crippen LogP contribution in [-0.2, 0) is 14.2 Å². The van der Waals surface area contributed by atoms with E-state index in [0.29, 0.717) is 21.7 Å². The van der Waals surface area contributed by atoms with Crippen LogP contribution in [0.1, 0.15) is 36.7 Å². The van der Waals surface area contributed by atoms with Gasteiger partial charge >= 0.3 is 5.97 Å². The van der Waals surface area contributed by atoms with E-state index in [1.165, 1.54) is 6.33 Å². The molecule has 7 nitrogen and oxygen atoms in total. The summed E-state index contributed by atoms with van der Waals surface area (Å²) in [7, 11) is 0. The van der Waals surface area contributed by atoms with Crippen molar-refractivity contribution in [2.24, 2.45) is 0 Å². The van der Waals surface area contributed by atoms with Crippen LogP contribution in [0, 0.1) is 0 Å². The molecule has 0 unspecified atom stereocenters. The fraction of sp³-hybridized carbons (Fsp3) is 0.409. The second-order valence-corrected chi connectivity index (χ2v) is 8.75. The highest BCUT2D eigenvalue weighted by atomic mass is 35.5. The summed E-state index contributed by atoms with van der Waals surface area (Å²) in [4.78, 5) is 20.7. The zero-order valence-corrected chi connectivity index (χ0v) is 17.8. The molecule has 1 saturated carbocycles. The Hall–Kier alpha value is -2.55. The Balaban J connectivity index is 1.45. The van der Waals surface area contributed by atoms with Crippen LogP contribution in [0.3, 0.4) is 0 Å². The fourth-order valence-electron chi connectivity index (χ4n) is 4.50. The number of hydrogen-bond acceptors (Lipinski definition) is 6. The molecular weight excluding hydrogens is 425 g/mol. The monoisotopic (exact) mass is 445 g/mol. The van der Waals surface area contributed by atoms with Gasteiger partial charge in [-0.15, -0.1) is 0 Å². The number of esters is 1. The summed E-state index contributed by atoms with van der Waals surface area (Å²) < 4.78 is 35.5. The second-order valence-electron chi connectivity index (χ2n) is 8.39. The number of alkyl halides is 1. The summed E-state index contributed by atoms with van der Waals surface area (Å²) in [5.74, 6) is -1.55. The van der Waals surface area contributed by atoms with Gasteiger partial charge in [-0.05, 0) is 32.0 Å². The Bertz CT molecular complexity index is 1140. The Kier molecular flexibility index (Phi) is 4.76. The number of carbonyl (C=O) groups is 1. The molecule has 1 saturated heterocycles. The Morgan fingerprint density at radius 2 is 2.03 bits per heavy atom. The number of fused-ring (bicyclic) bond motifs is 2. The normalized spacial score (nSPS) is 29.2. The Morgan fingerprint density at radius 3 is 2.81 bits per heavy atom. The lowest BCUT2D eigenvalue weighted by molar-refractivity contribution is -0.175. The maximum Gasteiger partial charge on any atom is 0.338 e. The van der Waals surface area contributed by atoms with E-state index < -0.39 is 42.3 Å². The predicted molar refractivity (Wildman–Crippen MR) is 111 cm³/mol. The van der Waals surface area contributed by atoms with E-state index >= 15 is 4.39 Å². The van der Waals surface area contributed by atoms with Gasteiger partial charge in [0.05, 0.1) is 17.0 Å². The molecule has 0 N–H and O–H groups in total. The number of halogens is 2. The van der Waals surface area contributed by atoms with Gasteiger partial charge in [0.1, 0.15) is 35.9 Å². The number of ether oxygens (including phenoxy) is 3. The molecule has 1 aliphatic heterocycles. The first kappa shape index (κ1) is 20.4. The Labute approximate surface area is 183 Å². The fourth-order valence-corrected chi connectivity index (χ4v) is 4.69. The van der Waals surface area contributed by atoms with Gasteiger partial charge in [-0.2, -0.15) is 0 Å². The van der Waals surface area contributed by atoms with Gasteiger partial charge in [0, 0.05) is 12.6 Å². The van der Waals surface area contributed by atoms with E-state index in [9.17, 15) is 4.79 Å². The highest BCUT2D eigenvalue weighted by Crippen LogP contribution is 2.51. The van der Waals surface area contributed by atoms with Crippen molar-refractivity contribution in [1.29, 1.82) is 0 Å². The number of benzene rings is 1. The van der Waals surface area contributed by atoms with Crippen molar-refractivity contribution >= 4 is 28.6 Å². The van der Waals surface area contributed by atoms with Crippen molar-refractivity contribution in [3.8, 4) is 0 Å². The van der Waals surface area contributed by atoms with Gasteiger partial charge in [0.15, 0.2) is 11.5 Å². The van der Waals surface area contributed by atoms with Crippen molar-refractivity contribution in [2.75, 3.05) is 6.61 Å². The van der Waals surface area contributed by atoms with Gasteiger partial charge in [0.2, 0.25) is 0 Å². The molecule has 5 rings (SSSR count). The molecule has 1 aliphatic carbocycles. The average Bonchev–Trinajstić information content (AvgIpc) is 3.39. The Morgan fingerprint density at radius 1 is 1.26 bits per heavy atom. The highest BCUT2D eigenvalue weighted by Gasteiger charge is 2.63. The summed E-state index contributed by atoms with van der Waals surface area (Å²) in [5.41, 5.74) is -0.979. The number of carbonyl (C=O) groups excluding carboxylic acids is 1. The molecule has 4 atom stereocenters. The number of nitrogens with zero attached hydrogens (tertiary/aromatic N) is 3. The quantitative estimate of drug-likeness (QED) is 0.444. The molecule has 3 aromatic rings. The van der Waals surface area contributed by atoms with Crippen LogP contribution in [-0.4, -0.2) is 50.8 Å². The molecular formula is C22H21ClFN3O4. The molecule has 0 spiro atoms. The summed E-state index contributed by atoms with van der Waals surface area (Å²) in [6.45, 7) is 3.05. The second kappa shape index (κ2) is 7.25. The smallest absolute Gasteiger partial charge is 0.338 e. The van der Waals surface area contributed by atoms with Crippen LogP contribution in [0.2, 0.25) is 5.15 Å². The van der Waals surface area contributed by atoms with Gasteiger partial charge in [-0.25, -0.2) is 19.2 Å². The maximum atomic E-state index is 16.3. The third-order valence-corrected chi connectivity index (χ3v) is 6.14. The van der Waals surface area contributed by atoms with E-state index in [0.717, 1.165) is 0 Å². The lowest BCUT2D eigenvalue weighted by Crippen LogP contribution is -2.42. The van der Waals surface area contributed by atoms with Crippen molar-refractivity contribution in [3.63, 3.8) is 0 Å². The first-order valence-electron chi connectivity index (χ1n) is 10.0. The third-order valence-electron chi connectivity index (χ3n) is 5.84. The molecule has 1 aromatic carbocycles. The summed E-state index contributed by atoms with van der Waals surface area (Å²) in [6, 6.07) is 9.87. The predicted octanol–water partition coefficient (Wildman–Crippen LogP) is 4.11. The SMILES string of the molecule is CC1(C)O[C@H]2[C@H](n3ccc4c(Cl)ncnc43)C[C@](F)(COC(=O)c3ccccc3)[C@H]2O1. The van der Waals surface area contributed by atoms with Gasteiger partial charge in [-0.3, -0.25) is 0 Å². The highest BCUT2D eigenvalue weighted by molar-refractivity contribution is 6.33. The number of hydrogen-bond donors (Lipinski definition) is 0. The van der Waals surface area contributed by atoms with Gasteiger partial charge in [-0.1, -0.05) is 29.8 Å². The van der Waals surface area contributed by atoms with Crippen molar-refractivity contribution in [2.45, 2.75) is 50.0 Å². The molecule has 9 heteroatoms. The standard InChI is InChI=1S/C22H21ClFN3O4/c1-21(2)30-16-15(27-9-8-14-18(23)25-12-26-19(14)27)10-22(24,17(16)31-21)11-29-20(28)13-6-4-3-5-7-13/h3-9,12,15-17H,10-11H2,1-2H3/t15-,16+,17+,22+/m1/s1. The van der Waals surface area contributed by atoms with E-state index in [-0.39, 0.29) is 6.42 Å². The van der Waals surface area contributed by atoms with Crippen LogP contribution < -0.4 is 0 Å². The topological polar surface area (TPSA) is 75.5 Å². The number of aromatic nitrogens is 3. The van der Waals surface area contributed by atoms with Crippen molar-refractivity contribution < 1.29 is 23.4 Å². The van der Waals surface area contributed by atoms with E-state index in [1.54, 1.807) is 56.4 Å². The van der Waals surface area contributed by atoms with E-state index in [1.807, 2.05) is 4.57 Å². The maximum absolute atomic E-state index is 16.3. The van der Waals surface area contributed by atoms with E-state index in [2.05, 4.69) is 9.97 Å². The summed E-state index contributed by atoms with van der Waals surface area (Å²) in [6.07, 6.45) is 1.72. The van der Waals surface area contributed by atoms with Gasteiger partial charge in [0.25, 0.3) is 0 Å². The molecule has 2 fully saturated rings. The average molecular weight is 446 g/mol. The van der Waals surface area contributed by atoms with Crippen LogP contribution in [0.5, 0.6) is 0 Å². The lowest BCUT2D eigenvalue weighted by atomic mass is 10.0. The summed E-state index contributed by atoms with van der Waals surface area (Å²) >= 11 is 6.18. The third kappa shape index (κ3) is 3.48. The largest absolute Gasteiger partial charge is 0.459 e. The van der Waals surface area contributed by atoms with E-state index in [4.69, 9.17) is 25.8 Å². The minimum absolute atomic E-state index is 0.0336.